The number of halogens is 1. The maximum absolute atomic E-state index is 13.5. The van der Waals surface area contributed by atoms with Gasteiger partial charge >= 0.3 is 0 Å². The van der Waals surface area contributed by atoms with Gasteiger partial charge in [-0.05, 0) is 32.0 Å². The SMILES string of the molecule is COc1ccc(F)cc1C(O)C(C)(C)N1CCOCC1. The first kappa shape index (κ1) is 15.2. The van der Waals surface area contributed by atoms with Gasteiger partial charge in [-0.25, -0.2) is 4.39 Å². The van der Waals surface area contributed by atoms with Gasteiger partial charge in [0.25, 0.3) is 0 Å². The van der Waals surface area contributed by atoms with Gasteiger partial charge in [0.15, 0.2) is 0 Å². The Morgan fingerprint density at radius 1 is 1.35 bits per heavy atom. The number of ether oxygens (including phenoxy) is 2. The first-order chi connectivity index (χ1) is 9.46. The topological polar surface area (TPSA) is 41.9 Å². The maximum atomic E-state index is 13.5. The van der Waals surface area contributed by atoms with E-state index in [9.17, 15) is 9.50 Å². The van der Waals surface area contributed by atoms with Crippen LogP contribution in [0.25, 0.3) is 0 Å². The summed E-state index contributed by atoms with van der Waals surface area (Å²) < 4.78 is 24.0. The number of aliphatic hydroxyl groups excluding tert-OH is 1. The standard InChI is InChI=1S/C15H22FNO3/c1-15(2,17-6-8-20-9-7-17)14(18)12-10-11(16)4-5-13(12)19-3/h4-5,10,14,18H,6-9H2,1-3H3. The first-order valence-electron chi connectivity index (χ1n) is 6.81. The number of benzene rings is 1. The minimum absolute atomic E-state index is 0.377. The lowest BCUT2D eigenvalue weighted by atomic mass is 9.88. The molecule has 0 aromatic heterocycles. The number of rotatable bonds is 4. The van der Waals surface area contributed by atoms with Gasteiger partial charge in [-0.2, -0.15) is 0 Å². The molecule has 4 nitrogen and oxygen atoms in total. The van der Waals surface area contributed by atoms with Gasteiger partial charge in [0, 0.05) is 24.2 Å². The molecule has 20 heavy (non-hydrogen) atoms. The lowest BCUT2D eigenvalue weighted by Crippen LogP contribution is -2.53. The minimum atomic E-state index is -0.841. The van der Waals surface area contributed by atoms with Crippen LogP contribution in [0.15, 0.2) is 18.2 Å². The van der Waals surface area contributed by atoms with Crippen molar-refractivity contribution in [3.8, 4) is 5.75 Å². The molecule has 1 fully saturated rings. The summed E-state index contributed by atoms with van der Waals surface area (Å²) in [6.45, 7) is 6.71. The Morgan fingerprint density at radius 2 is 2.00 bits per heavy atom. The molecule has 0 amide bonds. The molecule has 112 valence electrons. The number of nitrogens with zero attached hydrogens (tertiary/aromatic N) is 1. The lowest BCUT2D eigenvalue weighted by Gasteiger charge is -2.44. The average molecular weight is 283 g/mol. The Kier molecular flexibility index (Phi) is 4.62. The second-order valence-electron chi connectivity index (χ2n) is 5.54. The number of hydrogen-bond donors (Lipinski definition) is 1. The number of morpholine rings is 1. The highest BCUT2D eigenvalue weighted by atomic mass is 19.1. The predicted molar refractivity (Wildman–Crippen MR) is 74.4 cm³/mol. The summed E-state index contributed by atoms with van der Waals surface area (Å²) in [5.74, 6) is 0.123. The molecule has 5 heteroatoms. The van der Waals surface area contributed by atoms with Crippen molar-refractivity contribution in [2.24, 2.45) is 0 Å². The van der Waals surface area contributed by atoms with E-state index < -0.39 is 11.6 Å². The quantitative estimate of drug-likeness (QED) is 0.917. The van der Waals surface area contributed by atoms with Crippen molar-refractivity contribution < 1.29 is 19.0 Å². The lowest BCUT2D eigenvalue weighted by molar-refractivity contribution is -0.0636. The Bertz CT molecular complexity index is 458. The molecule has 1 saturated heterocycles. The van der Waals surface area contributed by atoms with Gasteiger partial charge in [0.2, 0.25) is 0 Å². The van der Waals surface area contributed by atoms with Gasteiger partial charge in [0.1, 0.15) is 17.7 Å². The van der Waals surface area contributed by atoms with Crippen molar-refractivity contribution in [1.82, 2.24) is 4.90 Å². The second kappa shape index (κ2) is 6.08. The zero-order valence-corrected chi connectivity index (χ0v) is 12.2. The van der Waals surface area contributed by atoms with Gasteiger partial charge in [-0.1, -0.05) is 0 Å². The van der Waals surface area contributed by atoms with Gasteiger partial charge in [-0.3, -0.25) is 4.90 Å². The molecule has 1 aromatic carbocycles. The summed E-state index contributed by atoms with van der Waals surface area (Å²) in [4.78, 5) is 2.16. The summed E-state index contributed by atoms with van der Waals surface area (Å²) in [6.07, 6.45) is -0.841. The highest BCUT2D eigenvalue weighted by molar-refractivity contribution is 5.37. The van der Waals surface area contributed by atoms with Crippen LogP contribution in [0.4, 0.5) is 4.39 Å². The van der Waals surface area contributed by atoms with Crippen LogP contribution in [-0.2, 0) is 4.74 Å². The molecular formula is C15H22FNO3. The van der Waals surface area contributed by atoms with Crippen LogP contribution >= 0.6 is 0 Å². The third-order valence-electron chi connectivity index (χ3n) is 3.98. The monoisotopic (exact) mass is 283 g/mol. The molecule has 0 spiro atoms. The summed E-state index contributed by atoms with van der Waals surface area (Å²) in [5.41, 5.74) is -0.0470. The molecule has 0 bridgehead atoms. The van der Waals surface area contributed by atoms with E-state index in [0.29, 0.717) is 24.5 Å². The number of methoxy groups -OCH3 is 1. The van der Waals surface area contributed by atoms with Crippen LogP contribution in [0, 0.1) is 5.82 Å². The normalized spacial score (nSPS) is 18.9. The van der Waals surface area contributed by atoms with Crippen LogP contribution in [0.5, 0.6) is 5.75 Å². The van der Waals surface area contributed by atoms with Crippen molar-refractivity contribution in [2.75, 3.05) is 33.4 Å². The third kappa shape index (κ3) is 2.95. The van der Waals surface area contributed by atoms with Crippen LogP contribution in [0.1, 0.15) is 25.5 Å². The summed E-state index contributed by atoms with van der Waals surface area (Å²) in [7, 11) is 1.52. The molecule has 1 unspecified atom stereocenters. The average Bonchev–Trinajstić information content (AvgIpc) is 2.47. The molecule has 1 heterocycles. The van der Waals surface area contributed by atoms with Gasteiger partial charge in [-0.15, -0.1) is 0 Å². The third-order valence-corrected chi connectivity index (χ3v) is 3.98. The van der Waals surface area contributed by atoms with Crippen LogP contribution in [0.3, 0.4) is 0 Å². The zero-order valence-electron chi connectivity index (χ0n) is 12.2. The molecule has 0 saturated carbocycles. The molecular weight excluding hydrogens is 261 g/mol. The Morgan fingerprint density at radius 3 is 2.60 bits per heavy atom. The van der Waals surface area contributed by atoms with E-state index >= 15 is 0 Å². The first-order valence-corrected chi connectivity index (χ1v) is 6.81. The van der Waals surface area contributed by atoms with Gasteiger partial charge in [0.05, 0.1) is 20.3 Å². The van der Waals surface area contributed by atoms with Crippen LogP contribution in [-0.4, -0.2) is 49.0 Å². The predicted octanol–water partition coefficient (Wildman–Crippen LogP) is 1.98. The van der Waals surface area contributed by atoms with Gasteiger partial charge < -0.3 is 14.6 Å². The zero-order chi connectivity index (χ0) is 14.8. The Labute approximate surface area is 119 Å². The summed E-state index contributed by atoms with van der Waals surface area (Å²) in [6, 6.07) is 4.21. The van der Waals surface area contributed by atoms with E-state index in [1.165, 1.54) is 19.2 Å². The van der Waals surface area contributed by atoms with Crippen molar-refractivity contribution in [2.45, 2.75) is 25.5 Å². The second-order valence-corrected chi connectivity index (χ2v) is 5.54. The Balaban J connectivity index is 2.28. The van der Waals surface area contributed by atoms with Crippen molar-refractivity contribution in [1.29, 1.82) is 0 Å². The smallest absolute Gasteiger partial charge is 0.124 e. The van der Waals surface area contributed by atoms with E-state index in [1.54, 1.807) is 6.07 Å². The van der Waals surface area contributed by atoms with E-state index in [2.05, 4.69) is 4.90 Å². The fraction of sp³-hybridized carbons (Fsp3) is 0.600. The fourth-order valence-electron chi connectivity index (χ4n) is 2.61. The molecule has 0 aliphatic carbocycles. The maximum Gasteiger partial charge on any atom is 0.124 e. The van der Waals surface area contributed by atoms with Crippen LogP contribution < -0.4 is 4.74 Å². The minimum Gasteiger partial charge on any atom is -0.496 e. The molecule has 1 aliphatic rings. The largest absolute Gasteiger partial charge is 0.496 e. The molecule has 1 aliphatic heterocycles. The summed E-state index contributed by atoms with van der Waals surface area (Å²) >= 11 is 0. The molecule has 1 atom stereocenters. The summed E-state index contributed by atoms with van der Waals surface area (Å²) in [5, 5.41) is 10.7. The van der Waals surface area contributed by atoms with E-state index in [1.807, 2.05) is 13.8 Å². The molecule has 2 rings (SSSR count). The number of aliphatic hydroxyl groups is 1. The van der Waals surface area contributed by atoms with Crippen molar-refractivity contribution >= 4 is 0 Å². The Hall–Kier alpha value is -1.17. The van der Waals surface area contributed by atoms with Crippen molar-refractivity contribution in [3.05, 3.63) is 29.6 Å². The fourth-order valence-corrected chi connectivity index (χ4v) is 2.61. The molecule has 1 N–H and O–H groups in total. The molecule has 1 aromatic rings. The van der Waals surface area contributed by atoms with E-state index in [-0.39, 0.29) is 5.82 Å². The highest BCUT2D eigenvalue weighted by Crippen LogP contribution is 2.36. The van der Waals surface area contributed by atoms with E-state index in [4.69, 9.17) is 9.47 Å². The number of hydrogen-bond acceptors (Lipinski definition) is 4. The van der Waals surface area contributed by atoms with Crippen LogP contribution in [0.2, 0.25) is 0 Å². The molecule has 0 radical (unpaired) electrons. The highest BCUT2D eigenvalue weighted by Gasteiger charge is 2.37. The van der Waals surface area contributed by atoms with Crippen molar-refractivity contribution in [3.63, 3.8) is 0 Å². The van der Waals surface area contributed by atoms with E-state index in [0.717, 1.165) is 13.1 Å².